The second-order valence-corrected chi connectivity index (χ2v) is 18.2. The minimum Gasteiger partial charge on any atom is -0.778 e. The van der Waals surface area contributed by atoms with Gasteiger partial charge in [-0.1, -0.05) is 78.5 Å². The first-order valence-corrected chi connectivity index (χ1v) is 23.0. The molecule has 0 aliphatic heterocycles. The Balaban J connectivity index is 0.00000137. The molecule has 0 aliphatic rings. The molecule has 2 aromatic rings. The molecular formula is C39H71FeN3O10P2. The van der Waals surface area contributed by atoms with Gasteiger partial charge in [-0.3, -0.25) is 14.4 Å². The van der Waals surface area contributed by atoms with Crippen LogP contribution in [0.25, 0.3) is 0 Å². The summed E-state index contributed by atoms with van der Waals surface area (Å²) in [5.74, 6) is -2.98. The topological polar surface area (TPSA) is 205 Å². The number of benzene rings is 2. The van der Waals surface area contributed by atoms with Crippen molar-refractivity contribution in [3.63, 3.8) is 0 Å². The minimum absolute atomic E-state index is 0. The van der Waals surface area contributed by atoms with E-state index in [4.69, 9.17) is 0 Å². The van der Waals surface area contributed by atoms with Gasteiger partial charge in [-0.2, -0.15) is 0 Å². The average Bonchev–Trinajstić information content (AvgIpc) is 3.13. The van der Waals surface area contributed by atoms with E-state index in [9.17, 15) is 49.1 Å². The number of phenols is 2. The van der Waals surface area contributed by atoms with Crippen molar-refractivity contribution >= 4 is 15.2 Å². The summed E-state index contributed by atoms with van der Waals surface area (Å²) in [4.78, 5) is 44.5. The van der Waals surface area contributed by atoms with E-state index in [1.807, 2.05) is 0 Å². The summed E-state index contributed by atoms with van der Waals surface area (Å²) in [5, 5.41) is 39.3. The molecule has 0 spiro atoms. The summed E-state index contributed by atoms with van der Waals surface area (Å²) in [5.41, 5.74) is 1.56. The summed E-state index contributed by atoms with van der Waals surface area (Å²) in [6.45, 7) is 16.8. The molecule has 0 saturated carbocycles. The fourth-order valence-corrected chi connectivity index (χ4v) is 8.40. The molecule has 55 heavy (non-hydrogen) atoms. The van der Waals surface area contributed by atoms with E-state index in [0.717, 1.165) is 0 Å². The van der Waals surface area contributed by atoms with Gasteiger partial charge in [0.05, 0.1) is 45.2 Å². The van der Waals surface area contributed by atoms with E-state index in [1.165, 1.54) is 129 Å². The van der Waals surface area contributed by atoms with Crippen molar-refractivity contribution in [3.8, 4) is 11.5 Å². The number of aliphatic hydroxyl groups is 2. The summed E-state index contributed by atoms with van der Waals surface area (Å²) < 4.78 is 25.7. The van der Waals surface area contributed by atoms with Crippen LogP contribution in [0.2, 0.25) is 0 Å². The molecule has 3 unspecified atom stereocenters. The van der Waals surface area contributed by atoms with Crippen LogP contribution >= 0.6 is 15.2 Å². The van der Waals surface area contributed by atoms with Gasteiger partial charge in [0.15, 0.2) is 0 Å². The van der Waals surface area contributed by atoms with Crippen LogP contribution in [0.3, 0.4) is 0 Å². The number of nitrogens with zero attached hydrogens (tertiary/aromatic N) is 3. The van der Waals surface area contributed by atoms with Gasteiger partial charge in [-0.25, -0.2) is 0 Å². The molecule has 13 nitrogen and oxygen atoms in total. The molecule has 16 heteroatoms. The van der Waals surface area contributed by atoms with E-state index >= 15 is 0 Å². The number of rotatable bonds is 26. The standard InChI is InChI=1S/C23H36N2O10P2.C16H36N.Fe/c1-3-23(37(33,34)35)25(13-20-10-17(14-26)5-7-21(20)28)9-8-24(16(2)36(30,31)32)12-19-6-4-18(15-27)11-22(19)29;1-5-9-13-17(14-10-6-2,15-11-7-3)16-12-8-4;/h4-7,10-11,16,23,26-29H,3,8-9,12-15H2,1-2H3,(H2,30,31,32)(H2,33,34,35);5-16H2,1-4H3;/q;+1;/p-1. The van der Waals surface area contributed by atoms with E-state index in [2.05, 4.69) is 27.7 Å². The zero-order chi connectivity index (χ0) is 41.0. The second-order valence-electron chi connectivity index (χ2n) is 14.5. The number of phenolic OH excluding ortho intramolecular Hbond substituents is 2. The number of aromatic hydroxyl groups is 2. The first kappa shape index (κ1) is 53.7. The molecule has 3 atom stereocenters. The maximum Gasteiger partial charge on any atom is 0.342 e. The summed E-state index contributed by atoms with van der Waals surface area (Å²) in [7, 11) is -9.53. The van der Waals surface area contributed by atoms with Gasteiger partial charge in [-0.15, -0.1) is 0 Å². The average molecular weight is 860 g/mol. The monoisotopic (exact) mass is 859 g/mol. The third-order valence-corrected chi connectivity index (χ3v) is 12.9. The summed E-state index contributed by atoms with van der Waals surface area (Å²) in [6, 6.07) is 8.78. The van der Waals surface area contributed by atoms with Crippen LogP contribution in [0.5, 0.6) is 11.5 Å². The number of quaternary nitrogens is 1. The Morgan fingerprint density at radius 1 is 0.673 bits per heavy atom. The molecule has 2 rings (SSSR count). The summed E-state index contributed by atoms with van der Waals surface area (Å²) >= 11 is 0. The van der Waals surface area contributed by atoms with Crippen LogP contribution in [0.1, 0.15) is 122 Å². The Kier molecular flexibility index (Phi) is 26.7. The smallest absolute Gasteiger partial charge is 0.342 e. The SMILES string of the molecule is CCC(N(CCN(Cc1ccc(CO)cc1O)C(C)P(=O)([O-])O)Cc1cc(CO)ccc1O)P(=O)(O)O.CCCC[N+](CCCC)(CCCC)CCCC.[Fe]. The van der Waals surface area contributed by atoms with Crippen LogP contribution in [-0.4, -0.2) is 100 Å². The minimum atomic E-state index is -4.87. The molecular weight excluding hydrogens is 788 g/mol. The number of hydrogen-bond donors (Lipinski definition) is 7. The molecule has 0 heterocycles. The van der Waals surface area contributed by atoms with E-state index < -0.39 is 26.8 Å². The molecule has 320 valence electrons. The van der Waals surface area contributed by atoms with Crippen molar-refractivity contribution in [1.29, 1.82) is 0 Å². The van der Waals surface area contributed by atoms with Gasteiger partial charge in [-0.05, 0) is 68.4 Å². The van der Waals surface area contributed by atoms with E-state index in [0.29, 0.717) is 22.3 Å². The van der Waals surface area contributed by atoms with Crippen molar-refractivity contribution in [1.82, 2.24) is 9.80 Å². The zero-order valence-electron chi connectivity index (χ0n) is 34.0. The van der Waals surface area contributed by atoms with Crippen molar-refractivity contribution in [3.05, 3.63) is 58.7 Å². The van der Waals surface area contributed by atoms with Crippen LogP contribution in [0.4, 0.5) is 0 Å². The molecule has 0 amide bonds. The van der Waals surface area contributed by atoms with Gasteiger partial charge in [0.2, 0.25) is 0 Å². The number of hydrogen-bond acceptors (Lipinski definition) is 9. The van der Waals surface area contributed by atoms with Crippen LogP contribution in [-0.2, 0) is 52.5 Å². The Bertz CT molecular complexity index is 1410. The van der Waals surface area contributed by atoms with E-state index in [1.54, 1.807) is 13.0 Å². The molecule has 0 bridgehead atoms. The fourth-order valence-electron chi connectivity index (χ4n) is 6.69. The predicted molar refractivity (Wildman–Crippen MR) is 214 cm³/mol. The fraction of sp³-hybridized carbons (Fsp3) is 0.692. The third-order valence-electron chi connectivity index (χ3n) is 10.2. The molecule has 2 aromatic carbocycles. The van der Waals surface area contributed by atoms with Gasteiger partial charge in [0, 0.05) is 54.4 Å². The van der Waals surface area contributed by atoms with Gasteiger partial charge in [0.25, 0.3) is 0 Å². The van der Waals surface area contributed by atoms with Crippen molar-refractivity contribution in [2.45, 2.75) is 137 Å². The Morgan fingerprint density at radius 3 is 1.51 bits per heavy atom. The molecule has 0 aromatic heterocycles. The molecule has 0 fully saturated rings. The first-order chi connectivity index (χ1) is 25.4. The Hall–Kier alpha value is -1.34. The van der Waals surface area contributed by atoms with Crippen molar-refractivity contribution in [2.75, 3.05) is 39.3 Å². The quantitative estimate of drug-likeness (QED) is 0.0321. The Labute approximate surface area is 341 Å². The van der Waals surface area contributed by atoms with Crippen LogP contribution < -0.4 is 4.89 Å². The first-order valence-electron chi connectivity index (χ1n) is 19.7. The van der Waals surface area contributed by atoms with Crippen LogP contribution in [0, 0.1) is 0 Å². The largest absolute Gasteiger partial charge is 0.778 e. The van der Waals surface area contributed by atoms with Gasteiger partial charge in [0.1, 0.15) is 24.9 Å². The van der Waals surface area contributed by atoms with Crippen molar-refractivity contribution in [2.24, 2.45) is 0 Å². The molecule has 0 aliphatic carbocycles. The maximum atomic E-state index is 12.3. The van der Waals surface area contributed by atoms with Gasteiger partial charge < -0.3 is 49.0 Å². The van der Waals surface area contributed by atoms with Crippen LogP contribution in [0.15, 0.2) is 36.4 Å². The second kappa shape index (κ2) is 27.4. The van der Waals surface area contributed by atoms with E-state index in [-0.39, 0.29) is 74.4 Å². The number of aliphatic hydroxyl groups excluding tert-OH is 2. The predicted octanol–water partition coefficient (Wildman–Crippen LogP) is 6.19. The molecule has 7 N–H and O–H groups in total. The third kappa shape index (κ3) is 19.3. The Morgan fingerprint density at radius 2 is 1.11 bits per heavy atom. The molecule has 0 radical (unpaired) electrons. The summed E-state index contributed by atoms with van der Waals surface area (Å²) in [6.07, 6.45) is 11.1. The molecule has 0 saturated heterocycles. The van der Waals surface area contributed by atoms with Gasteiger partial charge >= 0.3 is 7.60 Å². The maximum absolute atomic E-state index is 12.3. The zero-order valence-corrected chi connectivity index (χ0v) is 36.9. The number of unbranched alkanes of at least 4 members (excludes halogenated alkanes) is 4. The normalized spacial score (nSPS) is 14.2. The van der Waals surface area contributed by atoms with Crippen molar-refractivity contribution < 1.29 is 70.7 Å².